The Labute approximate surface area is 136 Å². The molecule has 1 heterocycles. The molecule has 0 aliphatic heterocycles. The molecule has 1 aliphatic rings. The van der Waals surface area contributed by atoms with Gasteiger partial charge in [0.15, 0.2) is 0 Å². The predicted octanol–water partition coefficient (Wildman–Crippen LogP) is 5.50. The maximum atomic E-state index is 3.70. The van der Waals surface area contributed by atoms with Gasteiger partial charge in [0, 0.05) is 9.35 Å². The minimum Gasteiger partial charge on any atom is -0.316 e. The molecule has 1 aliphatic carbocycles. The van der Waals surface area contributed by atoms with Crippen LogP contribution in [0.3, 0.4) is 0 Å². The van der Waals surface area contributed by atoms with Crippen molar-refractivity contribution < 1.29 is 0 Å². The largest absolute Gasteiger partial charge is 0.316 e. The zero-order valence-electron chi connectivity index (χ0n) is 13.0. The summed E-state index contributed by atoms with van der Waals surface area (Å²) >= 11 is 5.61. The number of rotatable bonds is 6. The molecule has 2 rings (SSSR count). The first-order valence-electron chi connectivity index (χ1n) is 7.94. The van der Waals surface area contributed by atoms with Crippen LogP contribution >= 0.6 is 27.3 Å². The fraction of sp³-hybridized carbons (Fsp3) is 0.765. The monoisotopic (exact) mass is 357 g/mol. The van der Waals surface area contributed by atoms with E-state index in [1.54, 1.807) is 0 Å². The van der Waals surface area contributed by atoms with Gasteiger partial charge in [-0.1, -0.05) is 20.8 Å². The third kappa shape index (κ3) is 4.57. The van der Waals surface area contributed by atoms with Gasteiger partial charge < -0.3 is 5.32 Å². The lowest BCUT2D eigenvalue weighted by molar-refractivity contribution is 0.116. The Hall–Kier alpha value is 0.140. The van der Waals surface area contributed by atoms with Crippen LogP contribution in [0.2, 0.25) is 0 Å². The van der Waals surface area contributed by atoms with E-state index >= 15 is 0 Å². The molecule has 20 heavy (non-hydrogen) atoms. The van der Waals surface area contributed by atoms with E-state index in [9.17, 15) is 0 Å². The third-order valence-electron chi connectivity index (χ3n) is 4.65. The highest BCUT2D eigenvalue weighted by atomic mass is 79.9. The van der Waals surface area contributed by atoms with Crippen LogP contribution in [0.25, 0.3) is 0 Å². The van der Waals surface area contributed by atoms with Gasteiger partial charge in [-0.2, -0.15) is 0 Å². The lowest BCUT2D eigenvalue weighted by Gasteiger charge is -2.41. The summed E-state index contributed by atoms with van der Waals surface area (Å²) in [4.78, 5) is 1.54. The van der Waals surface area contributed by atoms with Crippen molar-refractivity contribution in [3.05, 3.63) is 20.8 Å². The van der Waals surface area contributed by atoms with E-state index < -0.39 is 0 Å². The number of nitrogens with one attached hydrogen (secondary N) is 1. The van der Waals surface area contributed by atoms with E-state index in [1.807, 2.05) is 11.3 Å². The number of hydrogen-bond acceptors (Lipinski definition) is 2. The van der Waals surface area contributed by atoms with Crippen LogP contribution in [0, 0.1) is 17.3 Å². The Morgan fingerprint density at radius 1 is 1.40 bits per heavy atom. The second-order valence-corrected chi connectivity index (χ2v) is 8.88. The summed E-state index contributed by atoms with van der Waals surface area (Å²) in [6.07, 6.45) is 6.63. The van der Waals surface area contributed by atoms with Gasteiger partial charge in [-0.05, 0) is 89.8 Å². The molecule has 1 fully saturated rings. The molecule has 3 heteroatoms. The van der Waals surface area contributed by atoms with Gasteiger partial charge in [0.05, 0.1) is 0 Å². The molecule has 0 saturated heterocycles. The van der Waals surface area contributed by atoms with Gasteiger partial charge in [0.25, 0.3) is 0 Å². The van der Waals surface area contributed by atoms with Gasteiger partial charge in [0.1, 0.15) is 0 Å². The van der Waals surface area contributed by atoms with Crippen molar-refractivity contribution in [1.29, 1.82) is 0 Å². The van der Waals surface area contributed by atoms with Crippen LogP contribution in [0.15, 0.2) is 15.9 Å². The molecule has 2 unspecified atom stereocenters. The molecular weight excluding hydrogens is 330 g/mol. The zero-order valence-corrected chi connectivity index (χ0v) is 15.4. The summed E-state index contributed by atoms with van der Waals surface area (Å²) in [5, 5.41) is 5.85. The SMILES string of the molecule is CCCNCC1CCC(C)(C)CC1Cc1sccc1Br. The minimum absolute atomic E-state index is 0.523. The second-order valence-electron chi connectivity index (χ2n) is 7.03. The van der Waals surface area contributed by atoms with Crippen molar-refractivity contribution in [2.45, 2.75) is 52.9 Å². The van der Waals surface area contributed by atoms with Crippen molar-refractivity contribution in [2.24, 2.45) is 17.3 Å². The summed E-state index contributed by atoms with van der Waals surface area (Å²) in [7, 11) is 0. The van der Waals surface area contributed by atoms with E-state index in [1.165, 1.54) is 48.0 Å². The van der Waals surface area contributed by atoms with Crippen molar-refractivity contribution in [3.8, 4) is 0 Å². The fourth-order valence-electron chi connectivity index (χ4n) is 3.47. The number of hydrogen-bond donors (Lipinski definition) is 1. The van der Waals surface area contributed by atoms with E-state index in [2.05, 4.69) is 53.5 Å². The molecule has 1 aromatic heterocycles. The summed E-state index contributed by atoms with van der Waals surface area (Å²) < 4.78 is 1.31. The van der Waals surface area contributed by atoms with Crippen LogP contribution in [0.5, 0.6) is 0 Å². The van der Waals surface area contributed by atoms with Crippen molar-refractivity contribution in [2.75, 3.05) is 13.1 Å². The lowest BCUT2D eigenvalue weighted by atomic mass is 9.66. The predicted molar refractivity (Wildman–Crippen MR) is 93.5 cm³/mol. The first kappa shape index (κ1) is 16.5. The van der Waals surface area contributed by atoms with E-state index in [0.717, 1.165) is 18.4 Å². The van der Waals surface area contributed by atoms with E-state index in [0.29, 0.717) is 5.41 Å². The maximum Gasteiger partial charge on any atom is 0.0314 e. The molecule has 0 aromatic carbocycles. The first-order valence-corrected chi connectivity index (χ1v) is 9.61. The lowest BCUT2D eigenvalue weighted by Crippen LogP contribution is -2.37. The Morgan fingerprint density at radius 3 is 2.85 bits per heavy atom. The van der Waals surface area contributed by atoms with Gasteiger partial charge in [-0.25, -0.2) is 0 Å². The van der Waals surface area contributed by atoms with Gasteiger partial charge >= 0.3 is 0 Å². The third-order valence-corrected chi connectivity index (χ3v) is 6.59. The summed E-state index contributed by atoms with van der Waals surface area (Å²) in [6.45, 7) is 9.50. The molecule has 0 amide bonds. The van der Waals surface area contributed by atoms with Crippen LogP contribution in [0.4, 0.5) is 0 Å². The highest BCUT2D eigenvalue weighted by Crippen LogP contribution is 2.44. The Kier molecular flexibility index (Phi) is 6.12. The van der Waals surface area contributed by atoms with Crippen molar-refractivity contribution in [3.63, 3.8) is 0 Å². The molecule has 0 spiro atoms. The highest BCUT2D eigenvalue weighted by Gasteiger charge is 2.34. The normalized spacial score (nSPS) is 25.8. The fourth-order valence-corrected chi connectivity index (χ4v) is 5.08. The van der Waals surface area contributed by atoms with Crippen LogP contribution < -0.4 is 5.32 Å². The second kappa shape index (κ2) is 7.42. The Morgan fingerprint density at radius 2 is 2.20 bits per heavy atom. The molecule has 1 N–H and O–H groups in total. The van der Waals surface area contributed by atoms with E-state index in [-0.39, 0.29) is 0 Å². The van der Waals surface area contributed by atoms with Crippen LogP contribution in [0.1, 0.15) is 51.3 Å². The zero-order chi connectivity index (χ0) is 14.6. The van der Waals surface area contributed by atoms with Gasteiger partial charge in [-0.3, -0.25) is 0 Å². The van der Waals surface area contributed by atoms with Gasteiger partial charge in [-0.15, -0.1) is 11.3 Å². The minimum atomic E-state index is 0.523. The molecule has 114 valence electrons. The van der Waals surface area contributed by atoms with E-state index in [4.69, 9.17) is 0 Å². The summed E-state index contributed by atoms with van der Waals surface area (Å²) in [5.41, 5.74) is 0.523. The molecule has 1 aromatic rings. The quantitative estimate of drug-likeness (QED) is 0.663. The molecular formula is C17H28BrNS. The van der Waals surface area contributed by atoms with Crippen LogP contribution in [-0.2, 0) is 6.42 Å². The average Bonchev–Trinajstić information content (AvgIpc) is 2.77. The van der Waals surface area contributed by atoms with Crippen molar-refractivity contribution >= 4 is 27.3 Å². The Bertz CT molecular complexity index is 413. The Balaban J connectivity index is 2.00. The van der Waals surface area contributed by atoms with Crippen LogP contribution in [-0.4, -0.2) is 13.1 Å². The summed E-state index contributed by atoms with van der Waals surface area (Å²) in [6, 6.07) is 2.19. The topological polar surface area (TPSA) is 12.0 Å². The molecule has 2 atom stereocenters. The first-order chi connectivity index (χ1) is 9.52. The highest BCUT2D eigenvalue weighted by molar-refractivity contribution is 9.10. The average molecular weight is 358 g/mol. The standard InChI is InChI=1S/C17H28BrNS/c1-4-8-19-12-13-5-7-17(2,3)11-14(13)10-16-15(18)6-9-20-16/h6,9,13-14,19H,4-5,7-8,10-12H2,1-3H3. The number of thiophene rings is 1. The summed E-state index contributed by atoms with van der Waals surface area (Å²) in [5.74, 6) is 1.68. The molecule has 0 bridgehead atoms. The molecule has 0 radical (unpaired) electrons. The molecule has 1 nitrogen and oxygen atoms in total. The molecule has 1 saturated carbocycles. The maximum absolute atomic E-state index is 3.70. The number of halogens is 1. The smallest absolute Gasteiger partial charge is 0.0314 e. The van der Waals surface area contributed by atoms with Crippen molar-refractivity contribution in [1.82, 2.24) is 5.32 Å². The van der Waals surface area contributed by atoms with Gasteiger partial charge in [0.2, 0.25) is 0 Å².